The first-order chi connectivity index (χ1) is 15.4. The summed E-state index contributed by atoms with van der Waals surface area (Å²) < 4.78 is 51.8. The molecule has 1 aliphatic rings. The van der Waals surface area contributed by atoms with Crippen molar-refractivity contribution in [1.82, 2.24) is 10.2 Å². The lowest BCUT2D eigenvalue weighted by atomic mass is 10.3. The maximum Gasteiger partial charge on any atom is 0.265 e. The summed E-state index contributed by atoms with van der Waals surface area (Å²) in [5, 5.41) is 11.3. The van der Waals surface area contributed by atoms with Gasteiger partial charge in [0.1, 0.15) is 16.5 Å². The molecule has 0 aliphatic carbocycles. The first-order valence-electron chi connectivity index (χ1n) is 9.83. The van der Waals surface area contributed by atoms with Gasteiger partial charge in [0.05, 0.1) is 32.2 Å². The quantitative estimate of drug-likeness (QED) is 0.556. The monoisotopic (exact) mass is 459 g/mol. The number of sulfonamides is 1. The van der Waals surface area contributed by atoms with Gasteiger partial charge in [-0.2, -0.15) is 5.10 Å². The molecule has 0 radical (unpaired) electrons. The predicted molar refractivity (Wildman–Crippen MR) is 119 cm³/mol. The maximum absolute atomic E-state index is 13.6. The van der Waals surface area contributed by atoms with Gasteiger partial charge in [0.15, 0.2) is 5.82 Å². The Bertz CT molecular complexity index is 1190. The number of rotatable bonds is 7. The minimum absolute atomic E-state index is 0.0518. The fourth-order valence-electron chi connectivity index (χ4n) is 3.25. The Kier molecular flexibility index (Phi) is 6.37. The van der Waals surface area contributed by atoms with Gasteiger partial charge in [-0.15, -0.1) is 5.10 Å². The van der Waals surface area contributed by atoms with Crippen molar-refractivity contribution in [2.45, 2.75) is 4.90 Å². The highest BCUT2D eigenvalue weighted by molar-refractivity contribution is 7.92. The van der Waals surface area contributed by atoms with Crippen LogP contribution in [0.5, 0.6) is 5.75 Å². The van der Waals surface area contributed by atoms with Gasteiger partial charge in [-0.25, -0.2) is 12.8 Å². The summed E-state index contributed by atoms with van der Waals surface area (Å²) in [6, 6.07) is 11.8. The summed E-state index contributed by atoms with van der Waals surface area (Å²) in [5.41, 5.74) is 1.96. The van der Waals surface area contributed by atoms with Crippen LogP contribution in [-0.2, 0) is 14.8 Å². The molecule has 1 saturated heterocycles. The van der Waals surface area contributed by atoms with Crippen LogP contribution in [0.1, 0.15) is 0 Å². The van der Waals surface area contributed by atoms with E-state index in [4.69, 9.17) is 9.47 Å². The summed E-state index contributed by atoms with van der Waals surface area (Å²) in [4.78, 5) is 1.89. The molecule has 0 amide bonds. The molecule has 0 saturated carbocycles. The molecule has 11 heteroatoms. The normalized spacial score (nSPS) is 14.1. The Morgan fingerprint density at radius 2 is 1.78 bits per heavy atom. The average Bonchev–Trinajstić information content (AvgIpc) is 2.81. The van der Waals surface area contributed by atoms with Crippen molar-refractivity contribution < 1.29 is 22.3 Å². The SMILES string of the molecule is COc1ccc(F)cc1S(=O)(=O)Nc1ccc(Nc2cc(N3CCOCC3)cnn2)cc1. The zero-order valence-electron chi connectivity index (χ0n) is 17.3. The lowest BCUT2D eigenvalue weighted by Gasteiger charge is -2.28. The Morgan fingerprint density at radius 1 is 1.06 bits per heavy atom. The second kappa shape index (κ2) is 9.37. The second-order valence-corrected chi connectivity index (χ2v) is 8.65. The van der Waals surface area contributed by atoms with Crippen molar-refractivity contribution in [2.75, 3.05) is 48.4 Å². The molecule has 0 unspecified atom stereocenters. The number of nitrogens with zero attached hydrogens (tertiary/aromatic N) is 3. The third kappa shape index (κ3) is 5.06. The molecule has 0 atom stereocenters. The zero-order valence-corrected chi connectivity index (χ0v) is 18.1. The minimum Gasteiger partial charge on any atom is -0.495 e. The number of benzene rings is 2. The highest BCUT2D eigenvalue weighted by Gasteiger charge is 2.20. The highest BCUT2D eigenvalue weighted by atomic mass is 32.2. The van der Waals surface area contributed by atoms with E-state index in [1.54, 1.807) is 30.5 Å². The Labute approximate surface area is 185 Å². The van der Waals surface area contributed by atoms with Crippen molar-refractivity contribution >= 4 is 32.9 Å². The van der Waals surface area contributed by atoms with Crippen LogP contribution in [0.4, 0.5) is 27.3 Å². The maximum atomic E-state index is 13.6. The molecule has 1 aliphatic heterocycles. The average molecular weight is 460 g/mol. The fraction of sp³-hybridized carbons (Fsp3) is 0.238. The number of methoxy groups -OCH3 is 1. The van der Waals surface area contributed by atoms with E-state index < -0.39 is 15.8 Å². The molecule has 2 heterocycles. The number of ether oxygens (including phenoxy) is 2. The molecule has 4 rings (SSSR count). The van der Waals surface area contributed by atoms with Crippen molar-refractivity contribution in [3.63, 3.8) is 0 Å². The number of nitrogens with one attached hydrogen (secondary N) is 2. The molecule has 9 nitrogen and oxygen atoms in total. The van der Waals surface area contributed by atoms with E-state index in [1.165, 1.54) is 13.2 Å². The van der Waals surface area contributed by atoms with Gasteiger partial charge in [-0.3, -0.25) is 4.72 Å². The number of anilines is 4. The molecule has 1 aromatic heterocycles. The smallest absolute Gasteiger partial charge is 0.265 e. The minimum atomic E-state index is -4.04. The van der Waals surface area contributed by atoms with Crippen LogP contribution < -0.4 is 19.7 Å². The summed E-state index contributed by atoms with van der Waals surface area (Å²) >= 11 is 0. The molecule has 32 heavy (non-hydrogen) atoms. The van der Waals surface area contributed by atoms with E-state index in [2.05, 4.69) is 25.1 Å². The molecule has 168 valence electrons. The standard InChI is InChI=1S/C21H22FN5O4S/c1-30-19-7-2-15(22)12-20(19)32(28,29)26-17-5-3-16(4-6-17)24-21-13-18(14-23-25-21)27-8-10-31-11-9-27/h2-7,12-14,26H,8-11H2,1H3,(H,24,25). The number of hydrogen-bond acceptors (Lipinski definition) is 8. The third-order valence-corrected chi connectivity index (χ3v) is 6.24. The lowest BCUT2D eigenvalue weighted by Crippen LogP contribution is -2.36. The molecule has 2 aromatic carbocycles. The zero-order chi connectivity index (χ0) is 22.6. The second-order valence-electron chi connectivity index (χ2n) is 7.00. The number of morpholine rings is 1. The molecule has 1 fully saturated rings. The van der Waals surface area contributed by atoms with E-state index >= 15 is 0 Å². The number of halogens is 1. The molecular formula is C21H22FN5O4S. The summed E-state index contributed by atoms with van der Waals surface area (Å²) in [6.07, 6.45) is 1.70. The number of hydrogen-bond donors (Lipinski definition) is 2. The first-order valence-corrected chi connectivity index (χ1v) is 11.3. The third-order valence-electron chi connectivity index (χ3n) is 4.84. The Balaban J connectivity index is 1.46. The lowest BCUT2D eigenvalue weighted by molar-refractivity contribution is 0.122. The molecule has 0 bridgehead atoms. The van der Waals surface area contributed by atoms with Gasteiger partial charge in [0, 0.05) is 30.5 Å². The van der Waals surface area contributed by atoms with Crippen molar-refractivity contribution in [3.05, 3.63) is 60.5 Å². The van der Waals surface area contributed by atoms with E-state index in [-0.39, 0.29) is 10.6 Å². The first kappa shape index (κ1) is 21.8. The van der Waals surface area contributed by atoms with E-state index in [0.29, 0.717) is 30.4 Å². The van der Waals surface area contributed by atoms with Gasteiger partial charge >= 0.3 is 0 Å². The summed E-state index contributed by atoms with van der Waals surface area (Å²) in [7, 11) is -2.72. The van der Waals surface area contributed by atoms with Gasteiger partial charge in [-0.1, -0.05) is 0 Å². The van der Waals surface area contributed by atoms with Gasteiger partial charge in [0.2, 0.25) is 0 Å². The van der Waals surface area contributed by atoms with Crippen LogP contribution >= 0.6 is 0 Å². The van der Waals surface area contributed by atoms with Crippen LogP contribution in [0.2, 0.25) is 0 Å². The molecule has 3 aromatic rings. The molecular weight excluding hydrogens is 437 g/mol. The topological polar surface area (TPSA) is 106 Å². The molecule has 0 spiro atoms. The van der Waals surface area contributed by atoms with Crippen LogP contribution in [0.3, 0.4) is 0 Å². The number of aromatic nitrogens is 2. The molecule has 2 N–H and O–H groups in total. The van der Waals surface area contributed by atoms with Crippen LogP contribution in [-0.4, -0.2) is 52.0 Å². The van der Waals surface area contributed by atoms with E-state index in [9.17, 15) is 12.8 Å². The summed E-state index contributed by atoms with van der Waals surface area (Å²) in [6.45, 7) is 2.92. The van der Waals surface area contributed by atoms with Crippen LogP contribution in [0.15, 0.2) is 59.6 Å². The fourth-order valence-corrected chi connectivity index (χ4v) is 4.49. The summed E-state index contributed by atoms with van der Waals surface area (Å²) in [5.74, 6) is -0.0612. The Morgan fingerprint density at radius 3 is 2.50 bits per heavy atom. The van der Waals surface area contributed by atoms with E-state index in [1.807, 2.05) is 6.07 Å². The van der Waals surface area contributed by atoms with Crippen LogP contribution in [0.25, 0.3) is 0 Å². The van der Waals surface area contributed by atoms with Gasteiger partial charge < -0.3 is 19.7 Å². The largest absolute Gasteiger partial charge is 0.495 e. The van der Waals surface area contributed by atoms with Crippen molar-refractivity contribution in [1.29, 1.82) is 0 Å². The van der Waals surface area contributed by atoms with Gasteiger partial charge in [-0.05, 0) is 42.5 Å². The highest BCUT2D eigenvalue weighted by Crippen LogP contribution is 2.27. The van der Waals surface area contributed by atoms with Crippen molar-refractivity contribution in [3.8, 4) is 5.75 Å². The predicted octanol–water partition coefficient (Wildman–Crippen LogP) is 3.01. The van der Waals surface area contributed by atoms with Gasteiger partial charge in [0.25, 0.3) is 10.0 Å². The Hall–Kier alpha value is -3.44. The van der Waals surface area contributed by atoms with E-state index in [0.717, 1.165) is 30.9 Å². The van der Waals surface area contributed by atoms with Crippen molar-refractivity contribution in [2.24, 2.45) is 0 Å². The van der Waals surface area contributed by atoms with Crippen LogP contribution in [0, 0.1) is 5.82 Å².